The highest BCUT2D eigenvalue weighted by Gasteiger charge is 2.61. The Balaban J connectivity index is 1.43. The average Bonchev–Trinajstić information content (AvgIpc) is 2.97. The highest BCUT2D eigenvalue weighted by molar-refractivity contribution is 5.69. The number of hydrogen-bond donors (Lipinski definition) is 0. The monoisotopic (exact) mass is 321 g/mol. The first-order chi connectivity index (χ1) is 10.8. The Morgan fingerprint density at radius 2 is 1.87 bits per heavy atom. The zero-order valence-corrected chi connectivity index (χ0v) is 15.6. The second-order valence-electron chi connectivity index (χ2n) is 9.41. The van der Waals surface area contributed by atoms with Gasteiger partial charge in [0.05, 0.1) is 0 Å². The van der Waals surface area contributed by atoms with E-state index in [0.29, 0.717) is 6.42 Å². The summed E-state index contributed by atoms with van der Waals surface area (Å²) in [6, 6.07) is 0. The summed E-state index contributed by atoms with van der Waals surface area (Å²) in [6.45, 7) is 12.7. The molecule has 1 heterocycles. The molecular formula is C20H35NO2. The lowest BCUT2D eigenvalue weighted by Crippen LogP contribution is -2.43. The van der Waals surface area contributed by atoms with Gasteiger partial charge in [-0.15, -0.1) is 0 Å². The third-order valence-electron chi connectivity index (χ3n) is 7.12. The minimum atomic E-state index is 0.0298. The quantitative estimate of drug-likeness (QED) is 0.709. The molecule has 2 bridgehead atoms. The van der Waals surface area contributed by atoms with Crippen molar-refractivity contribution >= 4 is 5.97 Å². The summed E-state index contributed by atoms with van der Waals surface area (Å²) in [5.41, 5.74) is 0.387. The van der Waals surface area contributed by atoms with Crippen molar-refractivity contribution in [3.8, 4) is 0 Å². The van der Waals surface area contributed by atoms with Crippen LogP contribution in [0.1, 0.15) is 72.6 Å². The first-order valence-electron chi connectivity index (χ1n) is 9.73. The van der Waals surface area contributed by atoms with E-state index in [1.54, 1.807) is 0 Å². The van der Waals surface area contributed by atoms with Crippen molar-refractivity contribution < 1.29 is 9.53 Å². The smallest absolute Gasteiger partial charge is 0.306 e. The Bertz CT molecular complexity index is 434. The standard InChI is InChI=1S/C20H35NO2/c1-15-8-12-21(13-9-15)11-5-6-17(22)23-18-19(2,3)16-7-10-20(18,4)14-16/h15-16,18H,5-14H2,1-4H3/t16-,18-,20+/m0/s1. The van der Waals surface area contributed by atoms with E-state index in [9.17, 15) is 4.79 Å². The molecule has 3 nitrogen and oxygen atoms in total. The molecule has 3 aliphatic rings. The fourth-order valence-electron chi connectivity index (χ4n) is 5.47. The Labute approximate surface area is 142 Å². The summed E-state index contributed by atoms with van der Waals surface area (Å²) in [6.07, 6.45) is 8.04. The van der Waals surface area contributed by atoms with Gasteiger partial charge in [-0.3, -0.25) is 4.79 Å². The first kappa shape index (κ1) is 17.3. The number of piperidine rings is 1. The van der Waals surface area contributed by atoms with E-state index in [1.165, 1.54) is 45.2 Å². The van der Waals surface area contributed by atoms with Crippen molar-refractivity contribution in [1.29, 1.82) is 0 Å². The van der Waals surface area contributed by atoms with Gasteiger partial charge in [-0.05, 0) is 70.0 Å². The summed E-state index contributed by atoms with van der Waals surface area (Å²) in [4.78, 5) is 14.9. The molecular weight excluding hydrogens is 286 g/mol. The first-order valence-corrected chi connectivity index (χ1v) is 9.73. The normalized spacial score (nSPS) is 37.2. The maximum absolute atomic E-state index is 12.4. The van der Waals surface area contributed by atoms with Crippen LogP contribution in [0.4, 0.5) is 0 Å². The van der Waals surface area contributed by atoms with Crippen LogP contribution in [0.5, 0.6) is 0 Å². The molecule has 0 unspecified atom stereocenters. The molecule has 3 fully saturated rings. The topological polar surface area (TPSA) is 29.5 Å². The average molecular weight is 322 g/mol. The summed E-state index contributed by atoms with van der Waals surface area (Å²) in [5.74, 6) is 1.64. The van der Waals surface area contributed by atoms with Gasteiger partial charge in [-0.1, -0.05) is 27.7 Å². The molecule has 1 saturated heterocycles. The molecule has 3 atom stereocenters. The number of likely N-dealkylation sites (tertiary alicyclic amines) is 1. The third-order valence-corrected chi connectivity index (χ3v) is 7.12. The summed E-state index contributed by atoms with van der Waals surface area (Å²) < 4.78 is 6.01. The molecule has 2 aliphatic carbocycles. The van der Waals surface area contributed by atoms with Crippen molar-refractivity contribution in [3.05, 3.63) is 0 Å². The van der Waals surface area contributed by atoms with Crippen molar-refractivity contribution in [2.24, 2.45) is 22.7 Å². The van der Waals surface area contributed by atoms with Gasteiger partial charge in [0.2, 0.25) is 0 Å². The third kappa shape index (κ3) is 3.45. The number of carbonyl (C=O) groups excluding carboxylic acids is 1. The lowest BCUT2D eigenvalue weighted by molar-refractivity contribution is -0.164. The van der Waals surface area contributed by atoms with Crippen LogP contribution in [-0.2, 0) is 9.53 Å². The summed E-state index contributed by atoms with van der Waals surface area (Å²) in [7, 11) is 0. The van der Waals surface area contributed by atoms with Crippen LogP contribution in [0.2, 0.25) is 0 Å². The molecule has 132 valence electrons. The number of carbonyl (C=O) groups is 1. The van der Waals surface area contributed by atoms with Gasteiger partial charge in [0.15, 0.2) is 0 Å². The predicted molar refractivity (Wildman–Crippen MR) is 93.2 cm³/mol. The number of nitrogens with zero attached hydrogens (tertiary/aromatic N) is 1. The fourth-order valence-corrected chi connectivity index (χ4v) is 5.47. The molecule has 0 aromatic heterocycles. The Morgan fingerprint density at radius 3 is 2.48 bits per heavy atom. The molecule has 1 aliphatic heterocycles. The van der Waals surface area contributed by atoms with Gasteiger partial charge in [0.25, 0.3) is 0 Å². The number of fused-ring (bicyclic) bond motifs is 2. The van der Waals surface area contributed by atoms with E-state index >= 15 is 0 Å². The predicted octanol–water partition coefficient (Wildman–Crippen LogP) is 4.26. The summed E-state index contributed by atoms with van der Waals surface area (Å²) in [5, 5.41) is 0. The van der Waals surface area contributed by atoms with Gasteiger partial charge in [0, 0.05) is 17.3 Å². The van der Waals surface area contributed by atoms with E-state index in [2.05, 4.69) is 32.6 Å². The van der Waals surface area contributed by atoms with Crippen LogP contribution < -0.4 is 0 Å². The lowest BCUT2D eigenvalue weighted by atomic mass is 9.70. The molecule has 3 heteroatoms. The van der Waals surface area contributed by atoms with Gasteiger partial charge < -0.3 is 9.64 Å². The van der Waals surface area contributed by atoms with Gasteiger partial charge >= 0.3 is 5.97 Å². The van der Waals surface area contributed by atoms with Crippen LogP contribution in [0.3, 0.4) is 0 Å². The number of rotatable bonds is 5. The van der Waals surface area contributed by atoms with E-state index in [0.717, 1.165) is 24.8 Å². The van der Waals surface area contributed by atoms with Crippen LogP contribution in [0, 0.1) is 22.7 Å². The van der Waals surface area contributed by atoms with E-state index < -0.39 is 0 Å². The maximum atomic E-state index is 12.4. The Morgan fingerprint density at radius 1 is 1.17 bits per heavy atom. The zero-order chi connectivity index (χ0) is 16.7. The maximum Gasteiger partial charge on any atom is 0.306 e. The van der Waals surface area contributed by atoms with Crippen molar-refractivity contribution in [2.45, 2.75) is 78.7 Å². The molecule has 0 aromatic carbocycles. The van der Waals surface area contributed by atoms with E-state index in [-0.39, 0.29) is 22.9 Å². The van der Waals surface area contributed by atoms with Gasteiger partial charge in [-0.2, -0.15) is 0 Å². The Hall–Kier alpha value is -0.570. The number of hydrogen-bond acceptors (Lipinski definition) is 3. The molecule has 0 spiro atoms. The largest absolute Gasteiger partial charge is 0.461 e. The van der Waals surface area contributed by atoms with Crippen molar-refractivity contribution in [2.75, 3.05) is 19.6 Å². The number of esters is 1. The fraction of sp³-hybridized carbons (Fsp3) is 0.950. The minimum absolute atomic E-state index is 0.0298. The number of ether oxygens (including phenoxy) is 1. The molecule has 0 N–H and O–H groups in total. The van der Waals surface area contributed by atoms with Crippen molar-refractivity contribution in [3.63, 3.8) is 0 Å². The molecule has 2 saturated carbocycles. The van der Waals surface area contributed by atoms with Gasteiger partial charge in [-0.25, -0.2) is 0 Å². The lowest BCUT2D eigenvalue weighted by Gasteiger charge is -2.41. The van der Waals surface area contributed by atoms with Crippen LogP contribution in [0.25, 0.3) is 0 Å². The Kier molecular flexibility index (Phi) is 4.79. The molecule has 0 radical (unpaired) electrons. The SMILES string of the molecule is CC1CCN(CCCC(=O)O[C@H]2C(C)(C)[C@H]3CC[C@]2(C)C3)CC1. The molecule has 0 aromatic rings. The second-order valence-corrected chi connectivity index (χ2v) is 9.41. The van der Waals surface area contributed by atoms with Crippen molar-refractivity contribution in [1.82, 2.24) is 4.90 Å². The summed E-state index contributed by atoms with van der Waals surface area (Å²) >= 11 is 0. The van der Waals surface area contributed by atoms with E-state index in [1.807, 2.05) is 0 Å². The highest BCUT2D eigenvalue weighted by Crippen LogP contribution is 2.63. The zero-order valence-electron chi connectivity index (χ0n) is 15.6. The molecule has 23 heavy (non-hydrogen) atoms. The highest BCUT2D eigenvalue weighted by atomic mass is 16.5. The second kappa shape index (κ2) is 6.38. The van der Waals surface area contributed by atoms with Crippen LogP contribution in [-0.4, -0.2) is 36.6 Å². The molecule has 0 amide bonds. The van der Waals surface area contributed by atoms with Gasteiger partial charge in [0.1, 0.15) is 6.10 Å². The molecule has 3 rings (SSSR count). The van der Waals surface area contributed by atoms with E-state index in [4.69, 9.17) is 4.74 Å². The van der Waals surface area contributed by atoms with Crippen LogP contribution >= 0.6 is 0 Å². The minimum Gasteiger partial charge on any atom is -0.461 e. The van der Waals surface area contributed by atoms with Crippen LogP contribution in [0.15, 0.2) is 0 Å².